The lowest BCUT2D eigenvalue weighted by Gasteiger charge is -2.03. The van der Waals surface area contributed by atoms with Crippen LogP contribution in [-0.2, 0) is 11.8 Å². The molecule has 1 nitrogen and oxygen atoms in total. The first-order valence-electron chi connectivity index (χ1n) is 3.07. The predicted molar refractivity (Wildman–Crippen MR) is 46.7 cm³/mol. The van der Waals surface area contributed by atoms with Crippen molar-refractivity contribution in [2.75, 3.05) is 6.16 Å². The molecule has 0 aromatic heterocycles. The number of unbranched alkanes of at least 4 members (excludes halogenated alkanes) is 2. The highest BCUT2D eigenvalue weighted by molar-refractivity contribution is 8.24. The molecule has 0 saturated carbocycles. The summed E-state index contributed by atoms with van der Waals surface area (Å²) in [4.78, 5) is 8.94. The van der Waals surface area contributed by atoms with E-state index in [0.717, 1.165) is 19.3 Å². The molecule has 0 fully saturated rings. The molecule has 0 spiro atoms. The van der Waals surface area contributed by atoms with Gasteiger partial charge in [0, 0.05) is 6.16 Å². The first-order chi connectivity index (χ1) is 4.06. The van der Waals surface area contributed by atoms with Crippen molar-refractivity contribution in [1.82, 2.24) is 0 Å². The minimum absolute atomic E-state index is 0.623. The van der Waals surface area contributed by atoms with Crippen molar-refractivity contribution in [3.63, 3.8) is 0 Å². The van der Waals surface area contributed by atoms with Gasteiger partial charge < -0.3 is 4.89 Å². The van der Waals surface area contributed by atoms with Crippen LogP contribution in [0.15, 0.2) is 0 Å². The van der Waals surface area contributed by atoms with E-state index in [1.54, 1.807) is 0 Å². The third-order valence-corrected chi connectivity index (χ3v) is 2.96. The summed E-state index contributed by atoms with van der Waals surface area (Å²) in [5.41, 5.74) is -2.39. The van der Waals surface area contributed by atoms with E-state index in [1.807, 2.05) is 0 Å². The third-order valence-electron chi connectivity index (χ3n) is 1.04. The van der Waals surface area contributed by atoms with Gasteiger partial charge in [-0.1, -0.05) is 42.8 Å². The van der Waals surface area contributed by atoms with Gasteiger partial charge in [-0.05, 0) is 6.42 Å². The summed E-state index contributed by atoms with van der Waals surface area (Å²) < 4.78 is 0. The second-order valence-corrected chi connectivity index (χ2v) is 7.82. The van der Waals surface area contributed by atoms with E-state index >= 15 is 0 Å². The zero-order chi connectivity index (χ0) is 7.33. The second kappa shape index (κ2) is 4.68. The van der Waals surface area contributed by atoms with E-state index in [0.29, 0.717) is 6.16 Å². The summed E-state index contributed by atoms with van der Waals surface area (Å²) in [5.74, 6) is 0. The Morgan fingerprint density at radius 1 is 1.56 bits per heavy atom. The SMILES string of the molecule is CCCCCP(O)(=S)Cl. The Hall–Kier alpha value is 0.900. The van der Waals surface area contributed by atoms with Crippen LogP contribution >= 0.6 is 16.9 Å². The van der Waals surface area contributed by atoms with Gasteiger partial charge in [0.25, 0.3) is 0 Å². The van der Waals surface area contributed by atoms with E-state index in [-0.39, 0.29) is 0 Å². The second-order valence-electron chi connectivity index (χ2n) is 2.05. The molecule has 0 aromatic carbocycles. The third kappa shape index (κ3) is 8.90. The van der Waals surface area contributed by atoms with Crippen LogP contribution in [0, 0.1) is 0 Å². The maximum atomic E-state index is 8.94. The summed E-state index contributed by atoms with van der Waals surface area (Å²) in [5, 5.41) is 0. The van der Waals surface area contributed by atoms with Crippen molar-refractivity contribution in [1.29, 1.82) is 0 Å². The molecule has 4 heteroatoms. The van der Waals surface area contributed by atoms with Crippen molar-refractivity contribution >= 4 is 28.7 Å². The first kappa shape index (κ1) is 9.90. The lowest BCUT2D eigenvalue weighted by atomic mass is 10.3. The van der Waals surface area contributed by atoms with Crippen LogP contribution in [0.25, 0.3) is 0 Å². The van der Waals surface area contributed by atoms with E-state index in [4.69, 9.17) is 16.1 Å². The number of hydrogen-bond donors (Lipinski definition) is 1. The number of halogens is 1. The van der Waals surface area contributed by atoms with Crippen LogP contribution < -0.4 is 0 Å². The minimum Gasteiger partial charge on any atom is -0.354 e. The maximum Gasteiger partial charge on any atom is 0.148 e. The van der Waals surface area contributed by atoms with E-state index < -0.39 is 5.62 Å². The molecule has 0 radical (unpaired) electrons. The average molecular weight is 187 g/mol. The molecule has 0 aliphatic heterocycles. The molecule has 0 saturated heterocycles. The Balaban J connectivity index is 3.18. The lowest BCUT2D eigenvalue weighted by molar-refractivity contribution is 0.629. The smallest absolute Gasteiger partial charge is 0.148 e. The molecule has 0 aliphatic carbocycles. The topological polar surface area (TPSA) is 20.2 Å². The highest BCUT2D eigenvalue weighted by Crippen LogP contribution is 2.47. The van der Waals surface area contributed by atoms with Crippen LogP contribution in [0.3, 0.4) is 0 Å². The van der Waals surface area contributed by atoms with Crippen molar-refractivity contribution in [2.24, 2.45) is 0 Å². The number of hydrogen-bond acceptors (Lipinski definition) is 1. The zero-order valence-electron chi connectivity index (χ0n) is 5.51. The van der Waals surface area contributed by atoms with Crippen LogP contribution in [0.5, 0.6) is 0 Å². The highest BCUT2D eigenvalue weighted by atomic mass is 35.7. The highest BCUT2D eigenvalue weighted by Gasteiger charge is 2.04. The van der Waals surface area contributed by atoms with Crippen LogP contribution in [-0.4, -0.2) is 11.1 Å². The van der Waals surface area contributed by atoms with Gasteiger partial charge in [0.15, 0.2) is 0 Å². The van der Waals surface area contributed by atoms with Crippen molar-refractivity contribution in [3.05, 3.63) is 0 Å². The Morgan fingerprint density at radius 2 is 2.11 bits per heavy atom. The van der Waals surface area contributed by atoms with Gasteiger partial charge >= 0.3 is 0 Å². The standard InChI is InChI=1S/C5H12ClOPS/c1-2-3-4-5-8(6,7)9/h2-5H2,1H3,(H,7,9). The Labute approximate surface area is 66.3 Å². The molecule has 1 atom stereocenters. The first-order valence-corrected chi connectivity index (χ1v) is 6.92. The van der Waals surface area contributed by atoms with Crippen molar-refractivity contribution in [2.45, 2.75) is 26.2 Å². The van der Waals surface area contributed by atoms with Gasteiger partial charge in [-0.15, -0.1) is 0 Å². The molecule has 0 aromatic rings. The van der Waals surface area contributed by atoms with E-state index in [2.05, 4.69) is 18.7 Å². The molecule has 0 heterocycles. The normalized spacial score (nSPS) is 17.2. The summed E-state index contributed by atoms with van der Waals surface area (Å²) in [7, 11) is 0. The predicted octanol–water partition coefficient (Wildman–Crippen LogP) is 2.72. The van der Waals surface area contributed by atoms with Gasteiger partial charge in [0.05, 0.1) is 0 Å². The average Bonchev–Trinajstić information content (AvgIpc) is 1.63. The molecule has 1 N–H and O–H groups in total. The van der Waals surface area contributed by atoms with Crippen LogP contribution in [0.2, 0.25) is 0 Å². The Kier molecular flexibility index (Phi) is 5.14. The molecular weight excluding hydrogens is 175 g/mol. The van der Waals surface area contributed by atoms with Crippen LogP contribution in [0.1, 0.15) is 26.2 Å². The summed E-state index contributed by atoms with van der Waals surface area (Å²) in [6.45, 7) is 2.11. The van der Waals surface area contributed by atoms with Gasteiger partial charge in [-0.2, -0.15) is 0 Å². The number of rotatable bonds is 4. The van der Waals surface area contributed by atoms with E-state index in [1.165, 1.54) is 0 Å². The van der Waals surface area contributed by atoms with Gasteiger partial charge in [-0.3, -0.25) is 0 Å². The lowest BCUT2D eigenvalue weighted by Crippen LogP contribution is -1.81. The van der Waals surface area contributed by atoms with Crippen LogP contribution in [0.4, 0.5) is 0 Å². The summed E-state index contributed by atoms with van der Waals surface area (Å²) >= 11 is 10.1. The Morgan fingerprint density at radius 3 is 2.44 bits per heavy atom. The molecule has 0 bridgehead atoms. The molecule has 1 unspecified atom stereocenters. The molecular formula is C5H12ClOPS. The minimum atomic E-state index is -2.39. The quantitative estimate of drug-likeness (QED) is 0.538. The summed E-state index contributed by atoms with van der Waals surface area (Å²) in [6.07, 6.45) is 3.85. The molecule has 0 aliphatic rings. The van der Waals surface area contributed by atoms with Gasteiger partial charge in [0.1, 0.15) is 5.62 Å². The van der Waals surface area contributed by atoms with Gasteiger partial charge in [-0.25, -0.2) is 0 Å². The molecule has 56 valence electrons. The van der Waals surface area contributed by atoms with Gasteiger partial charge in [0.2, 0.25) is 0 Å². The maximum absolute atomic E-state index is 8.94. The molecule has 9 heavy (non-hydrogen) atoms. The fraction of sp³-hybridized carbons (Fsp3) is 1.00. The Bertz CT molecular complexity index is 112. The van der Waals surface area contributed by atoms with Crippen molar-refractivity contribution in [3.8, 4) is 0 Å². The van der Waals surface area contributed by atoms with Crippen molar-refractivity contribution < 1.29 is 4.89 Å². The monoisotopic (exact) mass is 186 g/mol. The van der Waals surface area contributed by atoms with E-state index in [9.17, 15) is 0 Å². The zero-order valence-corrected chi connectivity index (χ0v) is 7.98. The largest absolute Gasteiger partial charge is 0.354 e. The molecule has 0 rings (SSSR count). The fourth-order valence-electron chi connectivity index (χ4n) is 0.557. The summed E-state index contributed by atoms with van der Waals surface area (Å²) in [6, 6.07) is 0. The molecule has 0 amide bonds. The fourth-order valence-corrected chi connectivity index (χ4v) is 1.92.